The molecule has 0 aromatic heterocycles. The summed E-state index contributed by atoms with van der Waals surface area (Å²) in [6.07, 6.45) is 4.10. The molecule has 3 aliphatic rings. The lowest BCUT2D eigenvalue weighted by Gasteiger charge is -2.10. The summed E-state index contributed by atoms with van der Waals surface area (Å²) in [4.78, 5) is 12.4. The molecule has 0 heterocycles. The third-order valence-corrected chi connectivity index (χ3v) is 5.38. The van der Waals surface area contributed by atoms with E-state index in [2.05, 4.69) is 5.32 Å². The van der Waals surface area contributed by atoms with Gasteiger partial charge < -0.3 is 10.1 Å². The van der Waals surface area contributed by atoms with Crippen LogP contribution in [0.3, 0.4) is 0 Å². The summed E-state index contributed by atoms with van der Waals surface area (Å²) >= 11 is 0. The molecule has 1 aromatic rings. The first-order valence-corrected chi connectivity index (χ1v) is 7.23. The Hall–Kier alpha value is -1.51. The number of rotatable bonds is 3. The molecule has 0 unspecified atom stereocenters. The molecule has 3 fully saturated rings. The molecule has 3 saturated carbocycles. The molecule has 1 amide bonds. The Morgan fingerprint density at radius 3 is 2.68 bits per heavy atom. The van der Waals surface area contributed by atoms with Crippen molar-refractivity contribution in [1.82, 2.24) is 0 Å². The Morgan fingerprint density at radius 1 is 1.26 bits per heavy atom. The topological polar surface area (TPSA) is 38.3 Å². The van der Waals surface area contributed by atoms with Gasteiger partial charge in [0.2, 0.25) is 5.91 Å². The van der Waals surface area contributed by atoms with Crippen LogP contribution in [-0.4, -0.2) is 13.0 Å². The highest BCUT2D eigenvalue weighted by Gasteiger charge is 2.67. The predicted molar refractivity (Wildman–Crippen MR) is 72.9 cm³/mol. The van der Waals surface area contributed by atoms with Crippen LogP contribution in [0.2, 0.25) is 0 Å². The number of hydrogen-bond donors (Lipinski definition) is 1. The summed E-state index contributed by atoms with van der Waals surface area (Å²) in [6.45, 7) is 0. The maximum absolute atomic E-state index is 12.4. The first-order chi connectivity index (χ1) is 9.28. The van der Waals surface area contributed by atoms with Crippen LogP contribution < -0.4 is 10.1 Å². The number of amides is 1. The standard InChI is InChI=1S/C16H19NO2/c1-19-12-4-2-3-11(8-12)17-16(18)15-13-9-5-6-10(7-9)14(13)15/h2-4,8-10,13-15H,5-7H2,1H3,(H,17,18)/t9-,10-,13-,14-/m1/s1. The van der Waals surface area contributed by atoms with Gasteiger partial charge in [0.25, 0.3) is 0 Å². The molecule has 4 rings (SSSR count). The maximum Gasteiger partial charge on any atom is 0.228 e. The van der Waals surface area contributed by atoms with Gasteiger partial charge in [-0.1, -0.05) is 6.07 Å². The van der Waals surface area contributed by atoms with Gasteiger partial charge in [-0.15, -0.1) is 0 Å². The Bertz CT molecular complexity index is 511. The number of hydrogen-bond acceptors (Lipinski definition) is 2. The van der Waals surface area contributed by atoms with Crippen LogP contribution in [0, 0.1) is 29.6 Å². The molecule has 1 N–H and O–H groups in total. The third-order valence-electron chi connectivity index (χ3n) is 5.38. The Morgan fingerprint density at radius 2 is 2.00 bits per heavy atom. The van der Waals surface area contributed by atoms with Crippen LogP contribution in [0.4, 0.5) is 5.69 Å². The van der Waals surface area contributed by atoms with Crippen LogP contribution in [-0.2, 0) is 4.79 Å². The third kappa shape index (κ3) is 1.67. The molecule has 0 saturated heterocycles. The van der Waals surface area contributed by atoms with Crippen LogP contribution in [0.25, 0.3) is 0 Å². The fourth-order valence-electron chi connectivity index (χ4n) is 4.60. The molecule has 3 nitrogen and oxygen atoms in total. The fraction of sp³-hybridized carbons (Fsp3) is 0.562. The van der Waals surface area contributed by atoms with E-state index >= 15 is 0 Å². The van der Waals surface area contributed by atoms with E-state index in [9.17, 15) is 4.79 Å². The lowest BCUT2D eigenvalue weighted by atomic mass is 10.0. The Kier molecular flexibility index (Phi) is 2.38. The monoisotopic (exact) mass is 257 g/mol. The molecule has 4 atom stereocenters. The van der Waals surface area contributed by atoms with Gasteiger partial charge >= 0.3 is 0 Å². The Balaban J connectivity index is 1.45. The molecule has 100 valence electrons. The molecular formula is C16H19NO2. The van der Waals surface area contributed by atoms with Gasteiger partial charge in [-0.25, -0.2) is 0 Å². The summed E-state index contributed by atoms with van der Waals surface area (Å²) in [5.41, 5.74) is 0.849. The summed E-state index contributed by atoms with van der Waals surface area (Å²) in [6, 6.07) is 7.60. The molecular weight excluding hydrogens is 238 g/mol. The van der Waals surface area contributed by atoms with Crippen LogP contribution in [0.15, 0.2) is 24.3 Å². The quantitative estimate of drug-likeness (QED) is 0.904. The lowest BCUT2D eigenvalue weighted by Crippen LogP contribution is -2.18. The summed E-state index contributed by atoms with van der Waals surface area (Å²) in [5.74, 6) is 4.38. The normalized spacial score (nSPS) is 37.8. The molecule has 0 aliphatic heterocycles. The molecule has 0 spiro atoms. The minimum atomic E-state index is 0.222. The van der Waals surface area contributed by atoms with E-state index in [1.807, 2.05) is 24.3 Å². The fourth-order valence-corrected chi connectivity index (χ4v) is 4.60. The molecule has 2 bridgehead atoms. The van der Waals surface area contributed by atoms with E-state index in [1.165, 1.54) is 19.3 Å². The van der Waals surface area contributed by atoms with E-state index in [0.717, 1.165) is 23.3 Å². The maximum atomic E-state index is 12.4. The van der Waals surface area contributed by atoms with Crippen molar-refractivity contribution in [3.8, 4) is 5.75 Å². The van der Waals surface area contributed by atoms with Gasteiger partial charge in [-0.2, -0.15) is 0 Å². The average Bonchev–Trinajstić information content (AvgIpc) is 2.88. The van der Waals surface area contributed by atoms with Crippen molar-refractivity contribution in [2.45, 2.75) is 19.3 Å². The van der Waals surface area contributed by atoms with E-state index in [0.29, 0.717) is 11.8 Å². The van der Waals surface area contributed by atoms with Crippen molar-refractivity contribution in [2.75, 3.05) is 12.4 Å². The van der Waals surface area contributed by atoms with Crippen molar-refractivity contribution in [1.29, 1.82) is 0 Å². The largest absolute Gasteiger partial charge is 0.497 e. The SMILES string of the molecule is COc1cccc(NC(=O)C2[C@@H]3[C@@H]4CC[C@H](C4)[C@@H]23)c1. The number of carbonyl (C=O) groups is 1. The number of anilines is 1. The van der Waals surface area contributed by atoms with Crippen molar-refractivity contribution in [3.05, 3.63) is 24.3 Å². The van der Waals surface area contributed by atoms with Gasteiger partial charge in [-0.3, -0.25) is 4.79 Å². The van der Waals surface area contributed by atoms with Gasteiger partial charge in [-0.05, 0) is 55.1 Å². The second-order valence-electron chi connectivity index (χ2n) is 6.23. The van der Waals surface area contributed by atoms with Crippen molar-refractivity contribution in [3.63, 3.8) is 0 Å². The number of methoxy groups -OCH3 is 1. The molecule has 3 aliphatic carbocycles. The summed E-state index contributed by atoms with van der Waals surface area (Å²) in [7, 11) is 1.64. The molecule has 1 aromatic carbocycles. The number of benzene rings is 1. The van der Waals surface area contributed by atoms with Crippen LogP contribution >= 0.6 is 0 Å². The second kappa shape index (κ2) is 3.99. The molecule has 19 heavy (non-hydrogen) atoms. The van der Waals surface area contributed by atoms with E-state index in [-0.39, 0.29) is 11.8 Å². The van der Waals surface area contributed by atoms with E-state index in [4.69, 9.17) is 4.74 Å². The van der Waals surface area contributed by atoms with Crippen molar-refractivity contribution >= 4 is 11.6 Å². The van der Waals surface area contributed by atoms with Gasteiger partial charge in [0, 0.05) is 17.7 Å². The second-order valence-corrected chi connectivity index (χ2v) is 6.23. The zero-order chi connectivity index (χ0) is 13.0. The highest BCUT2D eigenvalue weighted by atomic mass is 16.5. The molecule has 3 heteroatoms. The average molecular weight is 257 g/mol. The van der Waals surface area contributed by atoms with Crippen LogP contribution in [0.1, 0.15) is 19.3 Å². The van der Waals surface area contributed by atoms with Crippen molar-refractivity contribution < 1.29 is 9.53 Å². The zero-order valence-corrected chi connectivity index (χ0v) is 11.1. The van der Waals surface area contributed by atoms with Gasteiger partial charge in [0.05, 0.1) is 7.11 Å². The minimum Gasteiger partial charge on any atom is -0.497 e. The highest BCUT2D eigenvalue weighted by Crippen LogP contribution is 2.69. The smallest absolute Gasteiger partial charge is 0.228 e. The Labute approximate surface area is 113 Å². The van der Waals surface area contributed by atoms with Gasteiger partial charge in [0.15, 0.2) is 0 Å². The summed E-state index contributed by atoms with van der Waals surface area (Å²) < 4.78 is 5.18. The minimum absolute atomic E-state index is 0.222. The molecule has 0 radical (unpaired) electrons. The zero-order valence-electron chi connectivity index (χ0n) is 11.1. The number of nitrogens with one attached hydrogen (secondary N) is 1. The predicted octanol–water partition coefficient (Wildman–Crippen LogP) is 2.93. The first kappa shape index (κ1) is 11.3. The lowest BCUT2D eigenvalue weighted by molar-refractivity contribution is -0.118. The first-order valence-electron chi connectivity index (χ1n) is 7.23. The van der Waals surface area contributed by atoms with Gasteiger partial charge in [0.1, 0.15) is 5.75 Å². The number of ether oxygens (including phenoxy) is 1. The van der Waals surface area contributed by atoms with Crippen LogP contribution in [0.5, 0.6) is 5.75 Å². The highest BCUT2D eigenvalue weighted by molar-refractivity contribution is 5.95. The van der Waals surface area contributed by atoms with E-state index in [1.54, 1.807) is 7.11 Å². The van der Waals surface area contributed by atoms with E-state index < -0.39 is 0 Å². The number of carbonyl (C=O) groups excluding carboxylic acids is 1. The number of fused-ring (bicyclic) bond motifs is 5. The van der Waals surface area contributed by atoms with Crippen molar-refractivity contribution in [2.24, 2.45) is 29.6 Å². The summed E-state index contributed by atoms with van der Waals surface area (Å²) in [5, 5.41) is 3.06.